The second-order valence-corrected chi connectivity index (χ2v) is 6.12. The van der Waals surface area contributed by atoms with Gasteiger partial charge in [-0.25, -0.2) is 0 Å². The Morgan fingerprint density at radius 3 is 2.44 bits per heavy atom. The maximum atomic E-state index is 10.1. The highest BCUT2D eigenvalue weighted by Gasteiger charge is 1.99. The molecule has 1 N–H and O–H groups in total. The lowest BCUT2D eigenvalue weighted by molar-refractivity contribution is -0.137. The van der Waals surface area contributed by atoms with E-state index in [0.29, 0.717) is 6.42 Å². The van der Waals surface area contributed by atoms with E-state index in [0.717, 1.165) is 34.6 Å². The lowest BCUT2D eigenvalue weighted by Gasteiger charge is -2.00. The molecule has 1 aromatic carbocycles. The molecule has 3 aromatic rings. The third-order valence-corrected chi connectivity index (χ3v) is 4.10. The fourth-order valence-electron chi connectivity index (χ4n) is 2.75. The van der Waals surface area contributed by atoms with Gasteiger partial charge in [-0.15, -0.1) is 0 Å². The standard InChI is InChI=1S/C12H8N2.C9H18O2/c1-3-9-5-6-11-10(4-2-7-13-11)12(9)14-8-1;1-2-3-4-5-6-7-8-9(10)11/h1-8H;2-8H2,1H3,(H,10,11). The summed E-state index contributed by atoms with van der Waals surface area (Å²) in [5.74, 6) is -0.666. The highest BCUT2D eigenvalue weighted by molar-refractivity contribution is 6.03. The van der Waals surface area contributed by atoms with Crippen molar-refractivity contribution in [3.8, 4) is 0 Å². The maximum Gasteiger partial charge on any atom is 0.303 e. The van der Waals surface area contributed by atoms with Gasteiger partial charge in [0.1, 0.15) is 0 Å². The van der Waals surface area contributed by atoms with Crippen molar-refractivity contribution in [2.24, 2.45) is 0 Å². The summed E-state index contributed by atoms with van der Waals surface area (Å²) < 4.78 is 0. The van der Waals surface area contributed by atoms with E-state index in [-0.39, 0.29) is 0 Å². The Morgan fingerprint density at radius 2 is 1.64 bits per heavy atom. The van der Waals surface area contributed by atoms with E-state index in [2.05, 4.69) is 35.1 Å². The summed E-state index contributed by atoms with van der Waals surface area (Å²) in [7, 11) is 0. The van der Waals surface area contributed by atoms with E-state index < -0.39 is 5.97 Å². The Bertz CT molecular complexity index is 747. The number of unbranched alkanes of at least 4 members (excludes halogenated alkanes) is 5. The van der Waals surface area contributed by atoms with Gasteiger partial charge >= 0.3 is 5.97 Å². The number of pyridine rings is 2. The van der Waals surface area contributed by atoms with Crippen LogP contribution in [0.25, 0.3) is 21.8 Å². The molecule has 0 aliphatic carbocycles. The average Bonchev–Trinajstić information content (AvgIpc) is 2.65. The lowest BCUT2D eigenvalue weighted by Crippen LogP contribution is -1.93. The smallest absolute Gasteiger partial charge is 0.303 e. The minimum atomic E-state index is -0.666. The summed E-state index contributed by atoms with van der Waals surface area (Å²) in [6.45, 7) is 2.18. The zero-order valence-electron chi connectivity index (χ0n) is 14.8. The number of carbonyl (C=O) groups is 1. The SMILES string of the molecule is CCCCCCCCC(=O)O.c1cnc2c(c1)ccc1ncccc12. The number of hydrogen-bond donors (Lipinski definition) is 1. The van der Waals surface area contributed by atoms with Crippen molar-refractivity contribution in [1.82, 2.24) is 9.97 Å². The molecule has 0 unspecified atom stereocenters. The number of carboxylic acid groups (broad SMARTS) is 1. The summed E-state index contributed by atoms with van der Waals surface area (Å²) in [6, 6.07) is 12.1. The number of carboxylic acids is 1. The molecule has 0 aliphatic heterocycles. The van der Waals surface area contributed by atoms with E-state index in [1.54, 1.807) is 6.20 Å². The summed E-state index contributed by atoms with van der Waals surface area (Å²) in [5.41, 5.74) is 2.02. The van der Waals surface area contributed by atoms with Crippen molar-refractivity contribution in [2.45, 2.75) is 51.9 Å². The molecule has 0 atom stereocenters. The van der Waals surface area contributed by atoms with Crippen molar-refractivity contribution < 1.29 is 9.90 Å². The first kappa shape index (κ1) is 18.8. The molecule has 0 saturated carbocycles. The van der Waals surface area contributed by atoms with Crippen LogP contribution in [0.4, 0.5) is 0 Å². The molecule has 0 amide bonds. The van der Waals surface area contributed by atoms with Crippen molar-refractivity contribution in [2.75, 3.05) is 0 Å². The van der Waals surface area contributed by atoms with Crippen LogP contribution in [0.2, 0.25) is 0 Å². The van der Waals surface area contributed by atoms with Crippen LogP contribution in [0.3, 0.4) is 0 Å². The number of nitrogens with zero attached hydrogens (tertiary/aromatic N) is 2. The number of hydrogen-bond acceptors (Lipinski definition) is 3. The van der Waals surface area contributed by atoms with Gasteiger partial charge in [0.25, 0.3) is 0 Å². The van der Waals surface area contributed by atoms with Gasteiger partial charge in [0.2, 0.25) is 0 Å². The number of aromatic nitrogens is 2. The Hall–Kier alpha value is -2.49. The Morgan fingerprint density at radius 1 is 0.920 bits per heavy atom. The number of aliphatic carboxylic acids is 1. The van der Waals surface area contributed by atoms with Crippen LogP contribution in [0, 0.1) is 0 Å². The Labute approximate surface area is 148 Å². The van der Waals surface area contributed by atoms with Gasteiger partial charge in [-0.2, -0.15) is 0 Å². The minimum Gasteiger partial charge on any atom is -0.481 e. The van der Waals surface area contributed by atoms with Crippen molar-refractivity contribution in [3.05, 3.63) is 48.8 Å². The molecular weight excluding hydrogens is 312 g/mol. The van der Waals surface area contributed by atoms with Gasteiger partial charge in [-0.1, -0.05) is 51.2 Å². The van der Waals surface area contributed by atoms with E-state index in [1.165, 1.54) is 25.7 Å². The Balaban J connectivity index is 0.000000188. The predicted octanol–water partition coefficient (Wildman–Crippen LogP) is 5.60. The lowest BCUT2D eigenvalue weighted by atomic mass is 10.1. The first-order valence-corrected chi connectivity index (χ1v) is 9.02. The van der Waals surface area contributed by atoms with Gasteiger partial charge < -0.3 is 5.11 Å². The summed E-state index contributed by atoms with van der Waals surface area (Å²) in [5, 5.41) is 10.6. The Kier molecular flexibility index (Phi) is 7.83. The van der Waals surface area contributed by atoms with E-state index in [1.807, 2.05) is 24.4 Å². The molecule has 0 radical (unpaired) electrons. The molecule has 0 spiro atoms. The molecule has 0 saturated heterocycles. The average molecular weight is 338 g/mol. The van der Waals surface area contributed by atoms with Crippen molar-refractivity contribution in [1.29, 1.82) is 0 Å². The molecule has 0 bridgehead atoms. The minimum absolute atomic E-state index is 0.339. The van der Waals surface area contributed by atoms with Crippen LogP contribution in [-0.4, -0.2) is 21.0 Å². The number of rotatable bonds is 7. The zero-order valence-corrected chi connectivity index (χ0v) is 14.8. The fraction of sp³-hybridized carbons (Fsp3) is 0.381. The van der Waals surface area contributed by atoms with Gasteiger partial charge in [0.15, 0.2) is 0 Å². The molecule has 2 aromatic heterocycles. The first-order chi connectivity index (χ1) is 12.2. The molecule has 4 heteroatoms. The van der Waals surface area contributed by atoms with E-state index in [9.17, 15) is 4.79 Å². The number of fused-ring (bicyclic) bond motifs is 3. The molecule has 0 fully saturated rings. The van der Waals surface area contributed by atoms with Crippen molar-refractivity contribution >= 4 is 27.8 Å². The molecule has 132 valence electrons. The largest absolute Gasteiger partial charge is 0.481 e. The van der Waals surface area contributed by atoms with Crippen LogP contribution in [0.5, 0.6) is 0 Å². The van der Waals surface area contributed by atoms with Crippen LogP contribution in [0.15, 0.2) is 48.8 Å². The monoisotopic (exact) mass is 338 g/mol. The quantitative estimate of drug-likeness (QED) is 0.449. The van der Waals surface area contributed by atoms with Crippen LogP contribution in [-0.2, 0) is 4.79 Å². The first-order valence-electron chi connectivity index (χ1n) is 9.02. The second kappa shape index (κ2) is 10.4. The highest BCUT2D eigenvalue weighted by atomic mass is 16.4. The predicted molar refractivity (Wildman–Crippen MR) is 103 cm³/mol. The molecule has 3 rings (SSSR count). The van der Waals surface area contributed by atoms with Gasteiger partial charge in [-0.05, 0) is 30.7 Å². The maximum absolute atomic E-state index is 10.1. The third-order valence-electron chi connectivity index (χ3n) is 4.10. The summed E-state index contributed by atoms with van der Waals surface area (Å²) in [4.78, 5) is 18.7. The van der Waals surface area contributed by atoms with Gasteiger partial charge in [0, 0.05) is 29.6 Å². The van der Waals surface area contributed by atoms with E-state index in [4.69, 9.17) is 5.11 Å². The summed E-state index contributed by atoms with van der Waals surface area (Å²) in [6.07, 6.45) is 10.9. The summed E-state index contributed by atoms with van der Waals surface area (Å²) >= 11 is 0. The molecule has 0 aliphatic rings. The third kappa shape index (κ3) is 6.14. The molecule has 2 heterocycles. The normalized spacial score (nSPS) is 10.4. The van der Waals surface area contributed by atoms with Crippen molar-refractivity contribution in [3.63, 3.8) is 0 Å². The van der Waals surface area contributed by atoms with E-state index >= 15 is 0 Å². The number of benzene rings is 1. The topological polar surface area (TPSA) is 63.1 Å². The molecular formula is C21H26N2O2. The van der Waals surface area contributed by atoms with Gasteiger partial charge in [0.05, 0.1) is 11.0 Å². The van der Waals surface area contributed by atoms with Gasteiger partial charge in [-0.3, -0.25) is 14.8 Å². The molecule has 25 heavy (non-hydrogen) atoms. The zero-order chi connectivity index (χ0) is 17.9. The van der Waals surface area contributed by atoms with Crippen LogP contribution >= 0.6 is 0 Å². The highest BCUT2D eigenvalue weighted by Crippen LogP contribution is 2.20. The van der Waals surface area contributed by atoms with Crippen LogP contribution in [0.1, 0.15) is 51.9 Å². The van der Waals surface area contributed by atoms with Crippen LogP contribution < -0.4 is 0 Å². The second-order valence-electron chi connectivity index (χ2n) is 6.12. The fourth-order valence-corrected chi connectivity index (χ4v) is 2.75. The molecule has 4 nitrogen and oxygen atoms in total.